The molecular weight excluding hydrogens is 336 g/mol. The third-order valence-corrected chi connectivity index (χ3v) is 4.25. The van der Waals surface area contributed by atoms with Crippen LogP contribution in [0.1, 0.15) is 45.1 Å². The van der Waals surface area contributed by atoms with Gasteiger partial charge in [0.1, 0.15) is 11.6 Å². The molecule has 1 atom stereocenters. The van der Waals surface area contributed by atoms with Crippen LogP contribution in [0.15, 0.2) is 22.6 Å². The summed E-state index contributed by atoms with van der Waals surface area (Å²) in [6, 6.07) is 4.42. The van der Waals surface area contributed by atoms with Crippen LogP contribution in [0.5, 0.6) is 0 Å². The summed E-state index contributed by atoms with van der Waals surface area (Å²) in [5.74, 6) is -0.396. The second kappa shape index (κ2) is 6.78. The van der Waals surface area contributed by atoms with Crippen LogP contribution < -0.4 is 16.0 Å². The number of amides is 4. The number of hydrogen-bond donors (Lipinski definition) is 3. The van der Waals surface area contributed by atoms with Crippen LogP contribution >= 0.6 is 0 Å². The van der Waals surface area contributed by atoms with Gasteiger partial charge in [0.15, 0.2) is 5.58 Å². The van der Waals surface area contributed by atoms with Gasteiger partial charge in [-0.25, -0.2) is 9.78 Å². The van der Waals surface area contributed by atoms with Crippen molar-refractivity contribution in [2.75, 3.05) is 0 Å². The Morgan fingerprint density at radius 2 is 2.12 bits per heavy atom. The molecule has 0 unspecified atom stereocenters. The standard InChI is InChI=1S/C18H22N4O4/c1-18(2,3)10-4-6-13-12(8-10)20-15(26-13)9-19-16(24)11-5-7-14(23)22-17(25)21-11/h4,6,8,11H,5,7,9H2,1-3H3,(H,19,24)(H2,21,22,23,25)/t11-/m1/s1. The van der Waals surface area contributed by atoms with E-state index < -0.39 is 18.0 Å². The lowest BCUT2D eigenvalue weighted by Gasteiger charge is -2.18. The topological polar surface area (TPSA) is 113 Å². The molecule has 4 amide bonds. The number of nitrogens with one attached hydrogen (secondary N) is 3. The number of urea groups is 1. The zero-order valence-corrected chi connectivity index (χ0v) is 15.0. The average Bonchev–Trinajstić information content (AvgIpc) is 2.89. The summed E-state index contributed by atoms with van der Waals surface area (Å²) in [6.07, 6.45) is 0.348. The second-order valence-corrected chi connectivity index (χ2v) is 7.37. The molecule has 2 aromatic rings. The van der Waals surface area contributed by atoms with Crippen LogP contribution in [0.3, 0.4) is 0 Å². The Bertz CT molecular complexity index is 866. The van der Waals surface area contributed by atoms with E-state index in [0.717, 1.165) is 11.1 Å². The Hall–Kier alpha value is -2.90. The monoisotopic (exact) mass is 358 g/mol. The average molecular weight is 358 g/mol. The summed E-state index contributed by atoms with van der Waals surface area (Å²) in [6.45, 7) is 6.47. The molecule has 8 heteroatoms. The molecule has 1 aromatic carbocycles. The molecule has 0 spiro atoms. The van der Waals surface area contributed by atoms with Crippen molar-refractivity contribution >= 4 is 28.9 Å². The number of benzene rings is 1. The van der Waals surface area contributed by atoms with Crippen molar-refractivity contribution in [3.8, 4) is 0 Å². The number of oxazole rings is 1. The maximum Gasteiger partial charge on any atom is 0.322 e. The first kappa shape index (κ1) is 17.9. The number of aromatic nitrogens is 1. The van der Waals surface area contributed by atoms with Crippen molar-refractivity contribution < 1.29 is 18.8 Å². The molecule has 26 heavy (non-hydrogen) atoms. The van der Waals surface area contributed by atoms with E-state index in [2.05, 4.69) is 41.7 Å². The van der Waals surface area contributed by atoms with Crippen molar-refractivity contribution in [1.82, 2.24) is 20.9 Å². The fourth-order valence-corrected chi connectivity index (χ4v) is 2.73. The van der Waals surface area contributed by atoms with E-state index in [1.807, 2.05) is 18.2 Å². The number of carbonyl (C=O) groups is 3. The smallest absolute Gasteiger partial charge is 0.322 e. The predicted octanol–water partition coefficient (Wildman–Crippen LogP) is 1.73. The minimum atomic E-state index is -0.765. The lowest BCUT2D eigenvalue weighted by atomic mass is 9.87. The first-order valence-electron chi connectivity index (χ1n) is 8.50. The third kappa shape index (κ3) is 4.01. The van der Waals surface area contributed by atoms with Crippen molar-refractivity contribution in [3.05, 3.63) is 29.7 Å². The van der Waals surface area contributed by atoms with Crippen molar-refractivity contribution in [2.24, 2.45) is 0 Å². The van der Waals surface area contributed by atoms with Gasteiger partial charge in [0, 0.05) is 6.42 Å². The Balaban J connectivity index is 1.66. The SMILES string of the molecule is CC(C)(C)c1ccc2oc(CNC(=O)[C@H]3CCC(=O)NC(=O)N3)nc2c1. The van der Waals surface area contributed by atoms with Crippen molar-refractivity contribution in [2.45, 2.75) is 51.6 Å². The molecule has 1 saturated heterocycles. The van der Waals surface area contributed by atoms with Gasteiger partial charge in [0.2, 0.25) is 17.7 Å². The molecular formula is C18H22N4O4. The van der Waals surface area contributed by atoms with Gasteiger partial charge in [-0.15, -0.1) is 0 Å². The Labute approximate surface area is 150 Å². The highest BCUT2D eigenvalue weighted by Crippen LogP contribution is 2.26. The fourth-order valence-electron chi connectivity index (χ4n) is 2.73. The van der Waals surface area contributed by atoms with Gasteiger partial charge >= 0.3 is 6.03 Å². The third-order valence-electron chi connectivity index (χ3n) is 4.25. The highest BCUT2D eigenvalue weighted by Gasteiger charge is 2.26. The molecule has 8 nitrogen and oxygen atoms in total. The van der Waals surface area contributed by atoms with Gasteiger partial charge in [0.05, 0.1) is 6.54 Å². The number of rotatable bonds is 3. The minimum absolute atomic E-state index is 0.00465. The van der Waals surface area contributed by atoms with Crippen LogP contribution in [0, 0.1) is 0 Å². The second-order valence-electron chi connectivity index (χ2n) is 7.37. The van der Waals surface area contributed by atoms with Crippen LogP contribution in [0.4, 0.5) is 4.79 Å². The first-order chi connectivity index (χ1) is 12.2. The maximum atomic E-state index is 12.2. The van der Waals surface area contributed by atoms with E-state index in [4.69, 9.17) is 4.42 Å². The number of nitrogens with zero attached hydrogens (tertiary/aromatic N) is 1. The molecule has 1 aliphatic rings. The number of fused-ring (bicyclic) bond motifs is 1. The zero-order chi connectivity index (χ0) is 18.9. The molecule has 0 radical (unpaired) electrons. The van der Waals surface area contributed by atoms with Gasteiger partial charge < -0.3 is 15.1 Å². The predicted molar refractivity (Wildman–Crippen MR) is 94.3 cm³/mol. The summed E-state index contributed by atoms with van der Waals surface area (Å²) in [5, 5.41) is 7.29. The van der Waals surface area contributed by atoms with E-state index in [1.165, 1.54) is 0 Å². The maximum absolute atomic E-state index is 12.2. The molecule has 3 rings (SSSR count). The van der Waals surface area contributed by atoms with Gasteiger partial charge in [-0.2, -0.15) is 0 Å². The summed E-state index contributed by atoms with van der Waals surface area (Å²) in [7, 11) is 0. The normalized spacial score (nSPS) is 18.2. The summed E-state index contributed by atoms with van der Waals surface area (Å²) in [5.41, 5.74) is 2.54. The highest BCUT2D eigenvalue weighted by atomic mass is 16.3. The summed E-state index contributed by atoms with van der Waals surface area (Å²) in [4.78, 5) is 39.4. The molecule has 1 fully saturated rings. The first-order valence-corrected chi connectivity index (χ1v) is 8.50. The van der Waals surface area contributed by atoms with Crippen LogP contribution in [0.25, 0.3) is 11.1 Å². The van der Waals surface area contributed by atoms with E-state index >= 15 is 0 Å². The van der Waals surface area contributed by atoms with E-state index in [1.54, 1.807) is 0 Å². The van der Waals surface area contributed by atoms with Crippen LogP contribution in [-0.4, -0.2) is 28.9 Å². The molecule has 0 aliphatic carbocycles. The minimum Gasteiger partial charge on any atom is -0.439 e. The Morgan fingerprint density at radius 1 is 1.35 bits per heavy atom. The number of carbonyl (C=O) groups excluding carboxylic acids is 3. The van der Waals surface area contributed by atoms with Gasteiger partial charge in [-0.3, -0.25) is 14.9 Å². The van der Waals surface area contributed by atoms with Gasteiger partial charge in [-0.1, -0.05) is 26.8 Å². The van der Waals surface area contributed by atoms with Crippen molar-refractivity contribution in [1.29, 1.82) is 0 Å². The number of hydrogen-bond acceptors (Lipinski definition) is 5. The zero-order valence-electron chi connectivity index (χ0n) is 15.0. The molecule has 1 aliphatic heterocycles. The summed E-state index contributed by atoms with van der Waals surface area (Å²) < 4.78 is 5.66. The van der Waals surface area contributed by atoms with Gasteiger partial charge in [-0.05, 0) is 29.5 Å². The molecule has 0 bridgehead atoms. The van der Waals surface area contributed by atoms with Crippen LogP contribution in [-0.2, 0) is 21.5 Å². The molecule has 1 aromatic heterocycles. The number of imide groups is 1. The summed E-state index contributed by atoms with van der Waals surface area (Å²) >= 11 is 0. The fraction of sp³-hybridized carbons (Fsp3) is 0.444. The molecule has 0 saturated carbocycles. The Morgan fingerprint density at radius 3 is 2.85 bits per heavy atom. The molecule has 138 valence electrons. The lowest BCUT2D eigenvalue weighted by Crippen LogP contribution is -2.48. The quantitative estimate of drug-likeness (QED) is 0.773. The Kier molecular flexibility index (Phi) is 4.67. The largest absolute Gasteiger partial charge is 0.439 e. The van der Waals surface area contributed by atoms with E-state index in [9.17, 15) is 14.4 Å². The van der Waals surface area contributed by atoms with E-state index in [0.29, 0.717) is 11.5 Å². The molecule has 2 heterocycles. The van der Waals surface area contributed by atoms with Crippen molar-refractivity contribution in [3.63, 3.8) is 0 Å². The highest BCUT2D eigenvalue weighted by molar-refractivity contribution is 5.98. The lowest BCUT2D eigenvalue weighted by molar-refractivity contribution is -0.123. The van der Waals surface area contributed by atoms with Gasteiger partial charge in [0.25, 0.3) is 0 Å². The molecule has 3 N–H and O–H groups in total. The van der Waals surface area contributed by atoms with Crippen LogP contribution in [0.2, 0.25) is 0 Å². The van der Waals surface area contributed by atoms with E-state index in [-0.39, 0.29) is 30.7 Å².